The number of hydrogen-bond acceptors (Lipinski definition) is 2. The number of carbonyl (C=O) groups is 1. The van der Waals surface area contributed by atoms with Crippen LogP contribution in [-0.2, 0) is 0 Å². The number of hydrogen-bond donors (Lipinski definition) is 1. The highest BCUT2D eigenvalue weighted by Crippen LogP contribution is 2.31. The molecule has 1 N–H and O–H groups in total. The number of urea groups is 1. The van der Waals surface area contributed by atoms with Crippen LogP contribution in [0.1, 0.15) is 11.1 Å². The van der Waals surface area contributed by atoms with E-state index in [1.54, 1.807) is 0 Å². The van der Waals surface area contributed by atoms with Crippen LogP contribution < -0.4 is 10.2 Å². The van der Waals surface area contributed by atoms with E-state index in [9.17, 15) is 4.79 Å². The van der Waals surface area contributed by atoms with Crippen LogP contribution in [0.5, 0.6) is 0 Å². The number of nitrogens with one attached hydrogen (secondary N) is 1. The quantitative estimate of drug-likeness (QED) is 0.881. The van der Waals surface area contributed by atoms with Gasteiger partial charge in [-0.3, -0.25) is 0 Å². The highest BCUT2D eigenvalue weighted by molar-refractivity contribution is 6.33. The van der Waals surface area contributed by atoms with Gasteiger partial charge in [0.15, 0.2) is 0 Å². The van der Waals surface area contributed by atoms with Gasteiger partial charge in [0.1, 0.15) is 0 Å². The number of anilines is 2. The molecule has 4 nitrogen and oxygen atoms in total. The summed E-state index contributed by atoms with van der Waals surface area (Å²) in [5.41, 5.74) is 4.26. The van der Waals surface area contributed by atoms with Gasteiger partial charge >= 0.3 is 6.03 Å². The number of piperazine rings is 1. The smallest absolute Gasteiger partial charge is 0.321 e. The minimum atomic E-state index is -0.0485. The minimum absolute atomic E-state index is 0.0485. The molecule has 1 aliphatic heterocycles. The summed E-state index contributed by atoms with van der Waals surface area (Å²) < 4.78 is 0. The lowest BCUT2D eigenvalue weighted by atomic mass is 10.1. The molecule has 126 valence electrons. The lowest BCUT2D eigenvalue weighted by Crippen LogP contribution is -2.50. The van der Waals surface area contributed by atoms with Crippen molar-refractivity contribution in [3.8, 4) is 0 Å². The van der Waals surface area contributed by atoms with Crippen molar-refractivity contribution < 1.29 is 4.79 Å². The van der Waals surface area contributed by atoms with E-state index in [0.29, 0.717) is 13.1 Å². The highest BCUT2D eigenvalue weighted by Gasteiger charge is 2.23. The molecule has 0 unspecified atom stereocenters. The average molecular weight is 344 g/mol. The number of amides is 2. The summed E-state index contributed by atoms with van der Waals surface area (Å²) >= 11 is 6.44. The number of aryl methyl sites for hydroxylation is 2. The van der Waals surface area contributed by atoms with Crippen LogP contribution in [0, 0.1) is 13.8 Å². The summed E-state index contributed by atoms with van der Waals surface area (Å²) in [6.07, 6.45) is 0. The topological polar surface area (TPSA) is 35.6 Å². The number of para-hydroxylation sites is 1. The summed E-state index contributed by atoms with van der Waals surface area (Å²) in [6, 6.07) is 13.6. The summed E-state index contributed by atoms with van der Waals surface area (Å²) in [7, 11) is 0. The number of nitrogens with zero attached hydrogens (tertiary/aromatic N) is 2. The van der Waals surface area contributed by atoms with E-state index < -0.39 is 0 Å². The maximum absolute atomic E-state index is 12.4. The Kier molecular flexibility index (Phi) is 4.95. The molecule has 1 aliphatic rings. The molecule has 24 heavy (non-hydrogen) atoms. The van der Waals surface area contributed by atoms with Crippen LogP contribution in [-0.4, -0.2) is 37.1 Å². The molecule has 0 aliphatic carbocycles. The summed E-state index contributed by atoms with van der Waals surface area (Å²) in [5, 5.41) is 3.73. The third kappa shape index (κ3) is 3.65. The first-order chi connectivity index (χ1) is 11.5. The number of rotatable bonds is 2. The first-order valence-corrected chi connectivity index (χ1v) is 8.55. The van der Waals surface area contributed by atoms with Crippen molar-refractivity contribution >= 4 is 29.0 Å². The summed E-state index contributed by atoms with van der Waals surface area (Å²) in [4.78, 5) is 16.5. The van der Waals surface area contributed by atoms with Crippen LogP contribution in [0.2, 0.25) is 5.02 Å². The largest absolute Gasteiger partial charge is 0.367 e. The Morgan fingerprint density at radius 2 is 1.71 bits per heavy atom. The van der Waals surface area contributed by atoms with Crippen molar-refractivity contribution in [3.05, 3.63) is 58.6 Å². The molecule has 1 fully saturated rings. The van der Waals surface area contributed by atoms with Crippen molar-refractivity contribution in [3.63, 3.8) is 0 Å². The molecule has 0 bridgehead atoms. The lowest BCUT2D eigenvalue weighted by Gasteiger charge is -2.37. The van der Waals surface area contributed by atoms with Gasteiger partial charge in [-0.2, -0.15) is 0 Å². The predicted octanol–water partition coefficient (Wildman–Crippen LogP) is 4.31. The van der Waals surface area contributed by atoms with Gasteiger partial charge in [-0.25, -0.2) is 4.79 Å². The molecule has 2 amide bonds. The minimum Gasteiger partial charge on any atom is -0.367 e. The maximum Gasteiger partial charge on any atom is 0.321 e. The van der Waals surface area contributed by atoms with E-state index in [4.69, 9.17) is 11.6 Å². The van der Waals surface area contributed by atoms with E-state index in [1.807, 2.05) is 41.3 Å². The van der Waals surface area contributed by atoms with Crippen LogP contribution in [0.25, 0.3) is 0 Å². The molecule has 2 aromatic carbocycles. The van der Waals surface area contributed by atoms with E-state index in [-0.39, 0.29) is 6.03 Å². The van der Waals surface area contributed by atoms with Crippen molar-refractivity contribution in [2.45, 2.75) is 13.8 Å². The molecule has 2 aromatic rings. The fourth-order valence-corrected chi connectivity index (χ4v) is 3.61. The van der Waals surface area contributed by atoms with E-state index in [1.165, 1.54) is 11.1 Å². The van der Waals surface area contributed by atoms with Crippen LogP contribution in [0.4, 0.5) is 16.2 Å². The molecular weight excluding hydrogens is 322 g/mol. The Hall–Kier alpha value is -2.20. The highest BCUT2D eigenvalue weighted by atomic mass is 35.5. The molecule has 5 heteroatoms. The van der Waals surface area contributed by atoms with Gasteiger partial charge in [0.2, 0.25) is 0 Å². The predicted molar refractivity (Wildman–Crippen MR) is 100 cm³/mol. The normalized spacial score (nSPS) is 14.6. The third-order valence-corrected chi connectivity index (χ3v) is 4.59. The Balaban J connectivity index is 1.63. The van der Waals surface area contributed by atoms with Crippen LogP contribution in [0.3, 0.4) is 0 Å². The van der Waals surface area contributed by atoms with Crippen LogP contribution >= 0.6 is 11.6 Å². The number of benzene rings is 2. The second-order valence-electron chi connectivity index (χ2n) is 6.18. The van der Waals surface area contributed by atoms with Crippen LogP contribution in [0.15, 0.2) is 42.5 Å². The first kappa shape index (κ1) is 16.7. The van der Waals surface area contributed by atoms with Gasteiger partial charge in [-0.05, 0) is 43.2 Å². The molecule has 0 spiro atoms. The van der Waals surface area contributed by atoms with Gasteiger partial charge in [0, 0.05) is 31.9 Å². The molecule has 3 rings (SSSR count). The van der Waals surface area contributed by atoms with Crippen molar-refractivity contribution in [2.24, 2.45) is 0 Å². The fourth-order valence-electron chi connectivity index (χ4n) is 3.17. The summed E-state index contributed by atoms with van der Waals surface area (Å²) in [6.45, 7) is 7.07. The molecule has 1 saturated heterocycles. The number of halogens is 1. The Morgan fingerprint density at radius 3 is 2.33 bits per heavy atom. The summed E-state index contributed by atoms with van der Waals surface area (Å²) in [5.74, 6) is 0. The zero-order valence-electron chi connectivity index (χ0n) is 14.1. The SMILES string of the molecule is Cc1cc(C)c(N2CCN(C(=O)Nc3ccccc3)CC2)c(Cl)c1. The van der Waals surface area contributed by atoms with E-state index in [0.717, 1.165) is 29.5 Å². The van der Waals surface area contributed by atoms with Gasteiger partial charge in [0.05, 0.1) is 10.7 Å². The second-order valence-corrected chi connectivity index (χ2v) is 6.59. The Morgan fingerprint density at radius 1 is 1.04 bits per heavy atom. The van der Waals surface area contributed by atoms with Crippen molar-refractivity contribution in [2.75, 3.05) is 36.4 Å². The van der Waals surface area contributed by atoms with Crippen molar-refractivity contribution in [1.29, 1.82) is 0 Å². The Labute approximate surface area is 148 Å². The maximum atomic E-state index is 12.4. The van der Waals surface area contributed by atoms with Gasteiger partial charge in [-0.15, -0.1) is 0 Å². The molecule has 1 heterocycles. The second kappa shape index (κ2) is 7.14. The Bertz CT molecular complexity index is 702. The number of carbonyl (C=O) groups excluding carboxylic acids is 1. The molecule has 0 saturated carbocycles. The average Bonchev–Trinajstić information content (AvgIpc) is 2.55. The van der Waals surface area contributed by atoms with Gasteiger partial charge < -0.3 is 15.1 Å². The zero-order valence-corrected chi connectivity index (χ0v) is 14.8. The molecule has 0 radical (unpaired) electrons. The van der Waals surface area contributed by atoms with Gasteiger partial charge in [-0.1, -0.05) is 35.9 Å². The standard InChI is InChI=1S/C19H22ClN3O/c1-14-12-15(2)18(17(20)13-14)22-8-10-23(11-9-22)19(24)21-16-6-4-3-5-7-16/h3-7,12-13H,8-11H2,1-2H3,(H,21,24). The van der Waals surface area contributed by atoms with Gasteiger partial charge in [0.25, 0.3) is 0 Å². The van der Waals surface area contributed by atoms with E-state index >= 15 is 0 Å². The lowest BCUT2D eigenvalue weighted by molar-refractivity contribution is 0.208. The first-order valence-electron chi connectivity index (χ1n) is 8.17. The third-order valence-electron chi connectivity index (χ3n) is 4.31. The van der Waals surface area contributed by atoms with Crippen molar-refractivity contribution in [1.82, 2.24) is 4.90 Å². The van der Waals surface area contributed by atoms with E-state index in [2.05, 4.69) is 30.1 Å². The molecule has 0 atom stereocenters. The molecular formula is C19H22ClN3O. The molecule has 0 aromatic heterocycles. The fraction of sp³-hybridized carbons (Fsp3) is 0.316. The monoisotopic (exact) mass is 343 g/mol. The zero-order chi connectivity index (χ0) is 17.1.